The van der Waals surface area contributed by atoms with Gasteiger partial charge >= 0.3 is 0 Å². The molecule has 0 bridgehead atoms. The van der Waals surface area contributed by atoms with E-state index >= 15 is 0 Å². The molecule has 0 aliphatic rings. The van der Waals surface area contributed by atoms with E-state index in [0.29, 0.717) is 16.3 Å². The van der Waals surface area contributed by atoms with Gasteiger partial charge in [-0.25, -0.2) is 8.78 Å². The number of halogens is 2. The monoisotopic (exact) mass is 400 g/mol. The average molecular weight is 400 g/mol. The number of benzene rings is 4. The maximum Gasteiger partial charge on any atom is 0.139 e. The fraction of sp³-hybridized carbons (Fsp3) is 0.0400. The molecule has 4 rings (SSSR count). The molecule has 0 aliphatic heterocycles. The minimum Gasteiger partial charge on any atom is -0.508 e. The van der Waals surface area contributed by atoms with E-state index in [9.17, 15) is 13.9 Å². The lowest BCUT2D eigenvalue weighted by Crippen LogP contribution is -1.93. The highest BCUT2D eigenvalue weighted by Gasteiger charge is 2.10. The Balaban J connectivity index is 0.000000171. The van der Waals surface area contributed by atoms with E-state index < -0.39 is 5.82 Å². The molecule has 0 saturated heterocycles. The number of phenolic OH excluding ortho intramolecular Hbond substituents is 1. The summed E-state index contributed by atoms with van der Waals surface area (Å²) in [5.74, 6) is 3.86. The number of terminal acetylenes is 2. The van der Waals surface area contributed by atoms with Crippen LogP contribution in [0.2, 0.25) is 0 Å². The topological polar surface area (TPSA) is 58.3 Å². The van der Waals surface area contributed by atoms with Crippen LogP contribution in [0.3, 0.4) is 0 Å². The van der Waals surface area contributed by atoms with Crippen molar-refractivity contribution in [1.29, 1.82) is 0 Å². The number of hydrogen-bond acceptors (Lipinski definition) is 3. The zero-order valence-electron chi connectivity index (χ0n) is 16.1. The van der Waals surface area contributed by atoms with Gasteiger partial charge in [0.1, 0.15) is 17.4 Å². The minimum absolute atomic E-state index is 0.0366. The number of phenols is 1. The van der Waals surface area contributed by atoms with Crippen molar-refractivity contribution in [3.8, 4) is 30.4 Å². The zero-order valence-corrected chi connectivity index (χ0v) is 16.1. The summed E-state index contributed by atoms with van der Waals surface area (Å²) < 4.78 is 26.8. The van der Waals surface area contributed by atoms with Gasteiger partial charge in [0.2, 0.25) is 0 Å². The summed E-state index contributed by atoms with van der Waals surface area (Å²) in [5.41, 5.74) is 7.25. The molecule has 0 heterocycles. The first kappa shape index (κ1) is 20.5. The summed E-state index contributed by atoms with van der Waals surface area (Å²) in [7, 11) is 1.79. The molecule has 0 atom stereocenters. The summed E-state index contributed by atoms with van der Waals surface area (Å²) in [5, 5.41) is 15.1. The van der Waals surface area contributed by atoms with Crippen LogP contribution < -0.4 is 11.1 Å². The SMILES string of the molecule is C#Cc1c(F)ccc2cc(O)cc(N)c12.C#Cc1c(F)ccc2cccc(NC)c12. The van der Waals surface area contributed by atoms with Crippen molar-refractivity contribution in [3.63, 3.8) is 0 Å². The van der Waals surface area contributed by atoms with Crippen molar-refractivity contribution < 1.29 is 13.9 Å². The Labute approximate surface area is 173 Å². The number of fused-ring (bicyclic) bond motifs is 2. The normalized spacial score (nSPS) is 10.0. The average Bonchev–Trinajstić information content (AvgIpc) is 2.74. The van der Waals surface area contributed by atoms with Gasteiger partial charge in [-0.2, -0.15) is 0 Å². The van der Waals surface area contributed by atoms with Gasteiger partial charge in [-0.3, -0.25) is 0 Å². The van der Waals surface area contributed by atoms with Gasteiger partial charge in [-0.15, -0.1) is 12.8 Å². The molecule has 0 spiro atoms. The first-order chi connectivity index (χ1) is 14.4. The minimum atomic E-state index is -0.484. The van der Waals surface area contributed by atoms with Gasteiger partial charge in [0.05, 0.1) is 11.1 Å². The quantitative estimate of drug-likeness (QED) is 0.302. The summed E-state index contributed by atoms with van der Waals surface area (Å²) in [6.45, 7) is 0. The smallest absolute Gasteiger partial charge is 0.139 e. The first-order valence-corrected chi connectivity index (χ1v) is 8.94. The largest absolute Gasteiger partial charge is 0.508 e. The predicted octanol–water partition coefficient (Wildman–Crippen LogP) is 5.25. The number of nitrogens with two attached hydrogens (primary N) is 1. The van der Waals surface area contributed by atoms with E-state index in [2.05, 4.69) is 17.2 Å². The van der Waals surface area contributed by atoms with Gasteiger partial charge in [0.25, 0.3) is 0 Å². The number of rotatable bonds is 1. The molecule has 0 saturated carbocycles. The molecule has 148 valence electrons. The number of nitrogen functional groups attached to an aromatic ring is 1. The van der Waals surface area contributed by atoms with Crippen LogP contribution in [-0.4, -0.2) is 12.2 Å². The second kappa shape index (κ2) is 8.43. The van der Waals surface area contributed by atoms with Gasteiger partial charge < -0.3 is 16.2 Å². The van der Waals surface area contributed by atoms with Crippen molar-refractivity contribution in [2.75, 3.05) is 18.1 Å². The molecule has 5 heteroatoms. The Morgan fingerprint density at radius 1 is 0.867 bits per heavy atom. The van der Waals surface area contributed by atoms with Crippen LogP contribution in [0.5, 0.6) is 5.75 Å². The Bertz CT molecular complexity index is 1350. The highest BCUT2D eigenvalue weighted by atomic mass is 19.1. The Morgan fingerprint density at radius 2 is 1.47 bits per heavy atom. The fourth-order valence-electron chi connectivity index (χ4n) is 3.30. The summed E-state index contributed by atoms with van der Waals surface area (Å²) in [4.78, 5) is 0. The second-order valence-corrected chi connectivity index (χ2v) is 6.42. The van der Waals surface area contributed by atoms with Crippen molar-refractivity contribution >= 4 is 32.9 Å². The molecule has 4 N–H and O–H groups in total. The van der Waals surface area contributed by atoms with E-state index in [1.165, 1.54) is 30.3 Å². The molecule has 4 aromatic carbocycles. The van der Waals surface area contributed by atoms with E-state index in [0.717, 1.165) is 16.5 Å². The van der Waals surface area contributed by atoms with Crippen LogP contribution in [0.15, 0.2) is 54.6 Å². The van der Waals surface area contributed by atoms with Crippen LogP contribution in [0.4, 0.5) is 20.2 Å². The summed E-state index contributed by atoms with van der Waals surface area (Å²) in [6.07, 6.45) is 10.5. The van der Waals surface area contributed by atoms with E-state index in [4.69, 9.17) is 18.6 Å². The molecular weight excluding hydrogens is 382 g/mol. The Morgan fingerprint density at radius 3 is 2.07 bits per heavy atom. The van der Waals surface area contributed by atoms with Gasteiger partial charge in [-0.1, -0.05) is 36.1 Å². The number of anilines is 2. The molecular formula is C25H18F2N2O. The summed E-state index contributed by atoms with van der Waals surface area (Å²) in [6, 6.07) is 14.5. The molecule has 4 aromatic rings. The lowest BCUT2D eigenvalue weighted by molar-refractivity contribution is 0.476. The molecule has 0 aromatic heterocycles. The van der Waals surface area contributed by atoms with E-state index in [1.807, 2.05) is 18.2 Å². The molecule has 0 radical (unpaired) electrons. The van der Waals surface area contributed by atoms with Gasteiger partial charge in [-0.05, 0) is 35.0 Å². The third-order valence-electron chi connectivity index (χ3n) is 4.63. The molecule has 0 fully saturated rings. The molecule has 3 nitrogen and oxygen atoms in total. The number of hydrogen-bond donors (Lipinski definition) is 3. The van der Waals surface area contributed by atoms with Crippen LogP contribution in [-0.2, 0) is 0 Å². The lowest BCUT2D eigenvalue weighted by Gasteiger charge is -2.08. The van der Waals surface area contributed by atoms with Gasteiger partial charge in [0.15, 0.2) is 0 Å². The van der Waals surface area contributed by atoms with Crippen molar-refractivity contribution in [1.82, 2.24) is 0 Å². The molecule has 0 aliphatic carbocycles. The number of aromatic hydroxyl groups is 1. The van der Waals surface area contributed by atoms with E-state index in [-0.39, 0.29) is 22.8 Å². The highest BCUT2D eigenvalue weighted by molar-refractivity contribution is 5.99. The first-order valence-electron chi connectivity index (χ1n) is 8.94. The van der Waals surface area contributed by atoms with Gasteiger partial charge in [0, 0.05) is 35.3 Å². The zero-order chi connectivity index (χ0) is 21.8. The van der Waals surface area contributed by atoms with Crippen molar-refractivity contribution in [3.05, 3.63) is 77.4 Å². The summed E-state index contributed by atoms with van der Waals surface area (Å²) >= 11 is 0. The van der Waals surface area contributed by atoms with E-state index in [1.54, 1.807) is 13.1 Å². The third-order valence-corrected chi connectivity index (χ3v) is 4.63. The van der Waals surface area contributed by atoms with Crippen molar-refractivity contribution in [2.45, 2.75) is 0 Å². The molecule has 0 amide bonds. The highest BCUT2D eigenvalue weighted by Crippen LogP contribution is 2.30. The molecule has 0 unspecified atom stereocenters. The van der Waals surface area contributed by atoms with Crippen LogP contribution in [0, 0.1) is 36.3 Å². The maximum atomic E-state index is 13.5. The third kappa shape index (κ3) is 3.70. The van der Waals surface area contributed by atoms with Crippen LogP contribution >= 0.6 is 0 Å². The Hall–Kier alpha value is -4.22. The van der Waals surface area contributed by atoms with Crippen LogP contribution in [0.1, 0.15) is 11.1 Å². The number of nitrogens with one attached hydrogen (secondary N) is 1. The standard InChI is InChI=1S/C13H10FN.C12H8FNO/c1-3-10-11(14)8-7-9-5-4-6-12(15-2)13(9)10;1-2-9-10(13)4-3-7-5-8(15)6-11(14)12(7)9/h1,4-8,15H,2H3;1,3-6,15H,14H2. The molecule has 30 heavy (non-hydrogen) atoms. The van der Waals surface area contributed by atoms with Crippen LogP contribution in [0.25, 0.3) is 21.5 Å². The lowest BCUT2D eigenvalue weighted by atomic mass is 10.0. The second-order valence-electron chi connectivity index (χ2n) is 6.42. The Kier molecular flexibility index (Phi) is 5.76. The maximum absolute atomic E-state index is 13.5. The predicted molar refractivity (Wildman–Crippen MR) is 119 cm³/mol. The fourth-order valence-corrected chi connectivity index (χ4v) is 3.30. The van der Waals surface area contributed by atoms with Crippen molar-refractivity contribution in [2.24, 2.45) is 0 Å².